The van der Waals surface area contributed by atoms with E-state index in [-0.39, 0.29) is 17.5 Å². The summed E-state index contributed by atoms with van der Waals surface area (Å²) in [5.74, 6) is -2.05. The lowest BCUT2D eigenvalue weighted by molar-refractivity contribution is 0.579. The van der Waals surface area contributed by atoms with Crippen molar-refractivity contribution in [3.05, 3.63) is 47.3 Å². The number of rotatable bonds is 5. The number of hydrogen-bond donors (Lipinski definition) is 2. The van der Waals surface area contributed by atoms with E-state index in [1.165, 1.54) is 18.2 Å². The van der Waals surface area contributed by atoms with Gasteiger partial charge in [0.15, 0.2) is 23.3 Å². The lowest BCUT2D eigenvalue weighted by Crippen LogP contribution is -2.08. The Morgan fingerprint density at radius 1 is 1.05 bits per heavy atom. The molecule has 0 fully saturated rings. The highest BCUT2D eigenvalue weighted by Crippen LogP contribution is 2.24. The molecule has 0 unspecified atom stereocenters. The Balaban J connectivity index is 2.30. The molecule has 2 aromatic rings. The molecule has 6 heteroatoms. The fourth-order valence-corrected chi connectivity index (χ4v) is 1.82. The van der Waals surface area contributed by atoms with Gasteiger partial charge in [0.2, 0.25) is 0 Å². The quantitative estimate of drug-likeness (QED) is 0.860. The van der Waals surface area contributed by atoms with E-state index in [4.69, 9.17) is 0 Å². The Kier molecular flexibility index (Phi) is 4.67. The van der Waals surface area contributed by atoms with Crippen LogP contribution >= 0.6 is 0 Å². The maximum atomic E-state index is 13.8. The Labute approximate surface area is 121 Å². The second-order valence-electron chi connectivity index (χ2n) is 4.66. The molecule has 0 spiro atoms. The summed E-state index contributed by atoms with van der Waals surface area (Å²) < 4.78 is 40.4. The molecule has 0 saturated carbocycles. The standard InChI is InChI=1S/C15H16F3N3/c1-3-6-19-14-11(17)8-12(18)15(21-14)20-13-5-4-10(16)7-9(13)2/h4-5,7-8H,3,6H2,1-2H3,(H2,19,20,21). The number of nitrogens with zero attached hydrogens (tertiary/aromatic N) is 1. The van der Waals surface area contributed by atoms with Crippen molar-refractivity contribution in [2.75, 3.05) is 17.2 Å². The maximum Gasteiger partial charge on any atom is 0.169 e. The van der Waals surface area contributed by atoms with Crippen LogP contribution in [0, 0.1) is 24.4 Å². The zero-order valence-corrected chi connectivity index (χ0v) is 11.8. The molecule has 112 valence electrons. The van der Waals surface area contributed by atoms with Gasteiger partial charge in [-0.05, 0) is 37.1 Å². The van der Waals surface area contributed by atoms with E-state index >= 15 is 0 Å². The first-order valence-electron chi connectivity index (χ1n) is 6.64. The van der Waals surface area contributed by atoms with E-state index in [0.717, 1.165) is 12.5 Å². The number of aryl methyl sites for hydroxylation is 1. The van der Waals surface area contributed by atoms with E-state index < -0.39 is 11.6 Å². The van der Waals surface area contributed by atoms with E-state index in [1.54, 1.807) is 6.92 Å². The summed E-state index contributed by atoms with van der Waals surface area (Å²) in [6.45, 7) is 4.14. The lowest BCUT2D eigenvalue weighted by Gasteiger charge is -2.12. The first-order chi connectivity index (χ1) is 10.0. The molecule has 0 amide bonds. The molecule has 1 aromatic heterocycles. The van der Waals surface area contributed by atoms with Crippen molar-refractivity contribution in [2.24, 2.45) is 0 Å². The van der Waals surface area contributed by atoms with E-state index in [0.29, 0.717) is 17.8 Å². The third-order valence-corrected chi connectivity index (χ3v) is 2.91. The minimum atomic E-state index is -0.807. The summed E-state index contributed by atoms with van der Waals surface area (Å²) in [5.41, 5.74) is 1.11. The molecule has 0 bridgehead atoms. The average molecular weight is 295 g/mol. The average Bonchev–Trinajstić information content (AvgIpc) is 2.43. The summed E-state index contributed by atoms with van der Waals surface area (Å²) in [5, 5.41) is 5.54. The zero-order valence-electron chi connectivity index (χ0n) is 11.8. The first kappa shape index (κ1) is 15.2. The minimum Gasteiger partial charge on any atom is -0.368 e. The molecular weight excluding hydrogens is 279 g/mol. The molecule has 21 heavy (non-hydrogen) atoms. The monoisotopic (exact) mass is 295 g/mol. The number of hydrogen-bond acceptors (Lipinski definition) is 3. The van der Waals surface area contributed by atoms with Crippen LogP contribution < -0.4 is 10.6 Å². The van der Waals surface area contributed by atoms with Crippen molar-refractivity contribution in [3.63, 3.8) is 0 Å². The summed E-state index contributed by atoms with van der Waals surface area (Å²) >= 11 is 0. The first-order valence-corrected chi connectivity index (χ1v) is 6.64. The van der Waals surface area contributed by atoms with Gasteiger partial charge in [0.1, 0.15) is 5.82 Å². The minimum absolute atomic E-state index is 0.0134. The van der Waals surface area contributed by atoms with Gasteiger partial charge in [0.05, 0.1) is 0 Å². The summed E-state index contributed by atoms with van der Waals surface area (Å²) in [7, 11) is 0. The largest absolute Gasteiger partial charge is 0.368 e. The Morgan fingerprint density at radius 2 is 1.76 bits per heavy atom. The topological polar surface area (TPSA) is 37.0 Å². The smallest absolute Gasteiger partial charge is 0.169 e. The molecule has 0 aliphatic rings. The third kappa shape index (κ3) is 3.65. The summed E-state index contributed by atoms with van der Waals surface area (Å²) in [6.07, 6.45) is 0.790. The normalized spacial score (nSPS) is 10.5. The number of nitrogens with one attached hydrogen (secondary N) is 2. The summed E-state index contributed by atoms with van der Waals surface area (Å²) in [6, 6.07) is 4.83. The molecule has 1 heterocycles. The molecular formula is C15H16F3N3. The van der Waals surface area contributed by atoms with Crippen LogP contribution in [0.15, 0.2) is 24.3 Å². The maximum absolute atomic E-state index is 13.8. The SMILES string of the molecule is CCCNc1nc(Nc2ccc(F)cc2C)c(F)cc1F. The highest BCUT2D eigenvalue weighted by Gasteiger charge is 2.12. The van der Waals surface area contributed by atoms with E-state index in [9.17, 15) is 13.2 Å². The molecule has 2 rings (SSSR count). The van der Waals surface area contributed by atoms with Crippen LogP contribution in [0.3, 0.4) is 0 Å². The van der Waals surface area contributed by atoms with Crippen LogP contribution in [0.5, 0.6) is 0 Å². The Bertz CT molecular complexity index is 644. The van der Waals surface area contributed by atoms with E-state index in [2.05, 4.69) is 15.6 Å². The number of halogens is 3. The number of aromatic nitrogens is 1. The van der Waals surface area contributed by atoms with Gasteiger partial charge in [-0.3, -0.25) is 0 Å². The number of benzene rings is 1. The highest BCUT2D eigenvalue weighted by molar-refractivity contribution is 5.62. The van der Waals surface area contributed by atoms with Crippen LogP contribution in [0.25, 0.3) is 0 Å². The van der Waals surface area contributed by atoms with Gasteiger partial charge in [0.25, 0.3) is 0 Å². The van der Waals surface area contributed by atoms with Crippen molar-refractivity contribution in [1.82, 2.24) is 4.98 Å². The van der Waals surface area contributed by atoms with Gasteiger partial charge in [-0.15, -0.1) is 0 Å². The van der Waals surface area contributed by atoms with Gasteiger partial charge in [0, 0.05) is 18.3 Å². The fourth-order valence-electron chi connectivity index (χ4n) is 1.82. The van der Waals surface area contributed by atoms with Crippen molar-refractivity contribution in [3.8, 4) is 0 Å². The molecule has 0 aliphatic carbocycles. The van der Waals surface area contributed by atoms with Crippen molar-refractivity contribution >= 4 is 17.3 Å². The number of pyridine rings is 1. The third-order valence-electron chi connectivity index (χ3n) is 2.91. The van der Waals surface area contributed by atoms with Crippen LogP contribution in [0.1, 0.15) is 18.9 Å². The fraction of sp³-hybridized carbons (Fsp3) is 0.267. The molecule has 0 atom stereocenters. The van der Waals surface area contributed by atoms with Gasteiger partial charge in [-0.25, -0.2) is 18.2 Å². The van der Waals surface area contributed by atoms with Crippen LogP contribution in [-0.4, -0.2) is 11.5 Å². The number of anilines is 3. The summed E-state index contributed by atoms with van der Waals surface area (Å²) in [4.78, 5) is 3.90. The lowest BCUT2D eigenvalue weighted by atomic mass is 10.2. The van der Waals surface area contributed by atoms with Gasteiger partial charge >= 0.3 is 0 Å². The molecule has 3 nitrogen and oxygen atoms in total. The predicted molar refractivity (Wildman–Crippen MR) is 77.4 cm³/mol. The van der Waals surface area contributed by atoms with Crippen molar-refractivity contribution in [2.45, 2.75) is 20.3 Å². The van der Waals surface area contributed by atoms with Gasteiger partial charge in [-0.2, -0.15) is 0 Å². The van der Waals surface area contributed by atoms with Crippen LogP contribution in [0.4, 0.5) is 30.5 Å². The Hall–Kier alpha value is -2.24. The highest BCUT2D eigenvalue weighted by atomic mass is 19.1. The second kappa shape index (κ2) is 6.47. The van der Waals surface area contributed by atoms with Crippen molar-refractivity contribution < 1.29 is 13.2 Å². The zero-order chi connectivity index (χ0) is 15.4. The van der Waals surface area contributed by atoms with Crippen molar-refractivity contribution in [1.29, 1.82) is 0 Å². The van der Waals surface area contributed by atoms with Gasteiger partial charge < -0.3 is 10.6 Å². The molecule has 0 radical (unpaired) electrons. The van der Waals surface area contributed by atoms with Crippen LogP contribution in [0.2, 0.25) is 0 Å². The molecule has 0 aliphatic heterocycles. The predicted octanol–water partition coefficient (Wildman–Crippen LogP) is 4.37. The Morgan fingerprint density at radius 3 is 2.43 bits per heavy atom. The second-order valence-corrected chi connectivity index (χ2v) is 4.66. The molecule has 2 N–H and O–H groups in total. The van der Waals surface area contributed by atoms with E-state index in [1.807, 2.05) is 6.92 Å². The molecule has 0 saturated heterocycles. The van der Waals surface area contributed by atoms with Crippen LogP contribution in [-0.2, 0) is 0 Å². The van der Waals surface area contributed by atoms with Gasteiger partial charge in [-0.1, -0.05) is 6.92 Å². The molecule has 1 aromatic carbocycles.